The maximum absolute atomic E-state index is 6.17. The summed E-state index contributed by atoms with van der Waals surface area (Å²) in [5.74, 6) is 1.76. The van der Waals surface area contributed by atoms with E-state index in [4.69, 9.17) is 10.5 Å². The van der Waals surface area contributed by atoms with Crippen LogP contribution in [-0.2, 0) is 4.74 Å². The van der Waals surface area contributed by atoms with Crippen LogP contribution in [0.3, 0.4) is 0 Å². The lowest BCUT2D eigenvalue weighted by atomic mass is 9.78. The summed E-state index contributed by atoms with van der Waals surface area (Å²) in [6.45, 7) is 5.26. The van der Waals surface area contributed by atoms with E-state index in [9.17, 15) is 0 Å². The molecule has 2 aliphatic carbocycles. The Bertz CT molecular complexity index is 288. The number of fused-ring (bicyclic) bond motifs is 1. The van der Waals surface area contributed by atoms with Gasteiger partial charge in [0.05, 0.1) is 12.7 Å². The molecule has 3 atom stereocenters. The smallest absolute Gasteiger partial charge is 0.0731 e. The first kappa shape index (κ1) is 13.8. The molecule has 3 fully saturated rings. The van der Waals surface area contributed by atoms with E-state index in [0.29, 0.717) is 18.2 Å². The zero-order valence-corrected chi connectivity index (χ0v) is 12.4. The number of rotatable bonds is 3. The van der Waals surface area contributed by atoms with Crippen LogP contribution < -0.4 is 5.73 Å². The SMILES string of the molecule is CC1CCC(C(CN)N2CCOC3CCCC32)CC1. The molecule has 0 bridgehead atoms. The second-order valence-electron chi connectivity index (χ2n) is 6.97. The molecule has 3 unspecified atom stereocenters. The fourth-order valence-corrected chi connectivity index (χ4v) is 4.64. The molecule has 0 aromatic heterocycles. The minimum atomic E-state index is 0.505. The monoisotopic (exact) mass is 266 g/mol. The average Bonchev–Trinajstić information content (AvgIpc) is 2.91. The molecule has 0 spiro atoms. The highest BCUT2D eigenvalue weighted by Gasteiger charge is 2.41. The molecule has 2 N–H and O–H groups in total. The molecule has 0 aromatic rings. The molecule has 1 aliphatic heterocycles. The van der Waals surface area contributed by atoms with Gasteiger partial charge < -0.3 is 10.5 Å². The number of nitrogens with two attached hydrogens (primary N) is 1. The van der Waals surface area contributed by atoms with Crippen molar-refractivity contribution in [3.8, 4) is 0 Å². The van der Waals surface area contributed by atoms with Gasteiger partial charge >= 0.3 is 0 Å². The van der Waals surface area contributed by atoms with Crippen LogP contribution in [0.4, 0.5) is 0 Å². The summed E-state index contributed by atoms with van der Waals surface area (Å²) in [6.07, 6.45) is 10.0. The van der Waals surface area contributed by atoms with Gasteiger partial charge in [-0.1, -0.05) is 19.8 Å². The summed E-state index contributed by atoms with van der Waals surface area (Å²) in [7, 11) is 0. The summed E-state index contributed by atoms with van der Waals surface area (Å²) in [5, 5.41) is 0. The van der Waals surface area contributed by atoms with Gasteiger partial charge in [-0.3, -0.25) is 4.90 Å². The summed E-state index contributed by atoms with van der Waals surface area (Å²) in [4.78, 5) is 2.74. The lowest BCUT2D eigenvalue weighted by molar-refractivity contribution is -0.0818. The van der Waals surface area contributed by atoms with Crippen molar-refractivity contribution in [2.24, 2.45) is 17.6 Å². The van der Waals surface area contributed by atoms with Crippen LogP contribution in [0, 0.1) is 11.8 Å². The molecule has 110 valence electrons. The normalized spacial score (nSPS) is 42.0. The molecule has 3 nitrogen and oxygen atoms in total. The van der Waals surface area contributed by atoms with Crippen LogP contribution in [-0.4, -0.2) is 42.8 Å². The molecule has 3 heteroatoms. The van der Waals surface area contributed by atoms with Crippen molar-refractivity contribution in [1.29, 1.82) is 0 Å². The van der Waals surface area contributed by atoms with Crippen molar-refractivity contribution >= 4 is 0 Å². The minimum Gasteiger partial charge on any atom is -0.375 e. The predicted molar refractivity (Wildman–Crippen MR) is 78.0 cm³/mol. The Balaban J connectivity index is 1.67. The molecular formula is C16H30N2O. The fourth-order valence-electron chi connectivity index (χ4n) is 4.64. The van der Waals surface area contributed by atoms with Gasteiger partial charge in [-0.2, -0.15) is 0 Å². The van der Waals surface area contributed by atoms with E-state index in [1.165, 1.54) is 44.9 Å². The van der Waals surface area contributed by atoms with E-state index in [1.807, 2.05) is 0 Å². The lowest BCUT2D eigenvalue weighted by Gasteiger charge is -2.46. The molecule has 1 heterocycles. The maximum atomic E-state index is 6.17. The first-order valence-electron chi connectivity index (χ1n) is 8.37. The van der Waals surface area contributed by atoms with Crippen molar-refractivity contribution < 1.29 is 4.74 Å². The van der Waals surface area contributed by atoms with E-state index >= 15 is 0 Å². The Hall–Kier alpha value is -0.120. The topological polar surface area (TPSA) is 38.5 Å². The van der Waals surface area contributed by atoms with Crippen LogP contribution in [0.5, 0.6) is 0 Å². The Kier molecular flexibility index (Phi) is 4.45. The number of morpholine rings is 1. The fraction of sp³-hybridized carbons (Fsp3) is 1.00. The van der Waals surface area contributed by atoms with E-state index in [2.05, 4.69) is 11.8 Å². The van der Waals surface area contributed by atoms with Crippen molar-refractivity contribution in [1.82, 2.24) is 4.90 Å². The third-order valence-corrected chi connectivity index (χ3v) is 5.80. The maximum Gasteiger partial charge on any atom is 0.0731 e. The van der Waals surface area contributed by atoms with Crippen LogP contribution in [0.25, 0.3) is 0 Å². The van der Waals surface area contributed by atoms with Crippen molar-refractivity contribution in [2.45, 2.75) is 70.1 Å². The molecule has 0 amide bonds. The van der Waals surface area contributed by atoms with Gasteiger partial charge in [0.2, 0.25) is 0 Å². The van der Waals surface area contributed by atoms with Crippen molar-refractivity contribution in [3.05, 3.63) is 0 Å². The number of nitrogens with zero attached hydrogens (tertiary/aromatic N) is 1. The van der Waals surface area contributed by atoms with Crippen LogP contribution >= 0.6 is 0 Å². The van der Waals surface area contributed by atoms with E-state index < -0.39 is 0 Å². The highest BCUT2D eigenvalue weighted by molar-refractivity contribution is 4.95. The molecule has 19 heavy (non-hydrogen) atoms. The van der Waals surface area contributed by atoms with Gasteiger partial charge in [-0.05, 0) is 43.9 Å². The standard InChI is InChI=1S/C16H30N2O/c1-12-5-7-13(8-6-12)15(11-17)18-9-10-19-16-4-2-3-14(16)18/h12-16H,2-11,17H2,1H3. The van der Waals surface area contributed by atoms with Crippen LogP contribution in [0.15, 0.2) is 0 Å². The van der Waals surface area contributed by atoms with Crippen molar-refractivity contribution in [2.75, 3.05) is 19.7 Å². The summed E-state index contributed by atoms with van der Waals surface area (Å²) >= 11 is 0. The Morgan fingerprint density at radius 3 is 2.68 bits per heavy atom. The van der Waals surface area contributed by atoms with E-state index in [0.717, 1.165) is 31.5 Å². The zero-order valence-electron chi connectivity index (χ0n) is 12.4. The minimum absolute atomic E-state index is 0.505. The first-order chi connectivity index (χ1) is 9.29. The van der Waals surface area contributed by atoms with E-state index in [-0.39, 0.29) is 0 Å². The summed E-state index contributed by atoms with van der Waals surface area (Å²) in [6, 6.07) is 1.28. The highest BCUT2D eigenvalue weighted by atomic mass is 16.5. The molecule has 3 aliphatic rings. The van der Waals surface area contributed by atoms with Gasteiger partial charge in [0, 0.05) is 25.2 Å². The Morgan fingerprint density at radius 1 is 1.16 bits per heavy atom. The van der Waals surface area contributed by atoms with Gasteiger partial charge in [0.1, 0.15) is 0 Å². The van der Waals surface area contributed by atoms with Gasteiger partial charge in [-0.25, -0.2) is 0 Å². The lowest BCUT2D eigenvalue weighted by Crippen LogP contribution is -2.57. The molecule has 0 aromatic carbocycles. The largest absolute Gasteiger partial charge is 0.375 e. The van der Waals surface area contributed by atoms with E-state index in [1.54, 1.807) is 0 Å². The number of ether oxygens (including phenoxy) is 1. The average molecular weight is 266 g/mol. The second-order valence-corrected chi connectivity index (χ2v) is 6.97. The number of hydrogen-bond acceptors (Lipinski definition) is 3. The molecule has 2 saturated carbocycles. The molecule has 3 rings (SSSR count). The third-order valence-electron chi connectivity index (χ3n) is 5.80. The molecule has 1 saturated heterocycles. The second kappa shape index (κ2) is 6.11. The van der Waals surface area contributed by atoms with Gasteiger partial charge in [0.15, 0.2) is 0 Å². The van der Waals surface area contributed by atoms with Crippen molar-refractivity contribution in [3.63, 3.8) is 0 Å². The highest BCUT2D eigenvalue weighted by Crippen LogP contribution is 2.37. The zero-order chi connectivity index (χ0) is 13.2. The number of hydrogen-bond donors (Lipinski definition) is 1. The predicted octanol–water partition coefficient (Wildman–Crippen LogP) is 2.39. The quantitative estimate of drug-likeness (QED) is 0.852. The Labute approximate surface area is 117 Å². The first-order valence-corrected chi connectivity index (χ1v) is 8.37. The van der Waals surface area contributed by atoms with Crippen LogP contribution in [0.2, 0.25) is 0 Å². The van der Waals surface area contributed by atoms with Gasteiger partial charge in [-0.15, -0.1) is 0 Å². The Morgan fingerprint density at radius 2 is 1.95 bits per heavy atom. The third kappa shape index (κ3) is 2.84. The summed E-state index contributed by atoms with van der Waals surface area (Å²) < 4.78 is 5.95. The molecule has 0 radical (unpaired) electrons. The molecular weight excluding hydrogens is 236 g/mol. The van der Waals surface area contributed by atoms with Gasteiger partial charge in [0.25, 0.3) is 0 Å². The summed E-state index contributed by atoms with van der Waals surface area (Å²) in [5.41, 5.74) is 6.17. The van der Waals surface area contributed by atoms with Crippen LogP contribution in [0.1, 0.15) is 51.9 Å².